The van der Waals surface area contributed by atoms with Gasteiger partial charge in [-0.25, -0.2) is 9.97 Å². The lowest BCUT2D eigenvalue weighted by Gasteiger charge is -2.34. The largest absolute Gasteiger partial charge is 0.338 e. The normalized spacial score (nSPS) is 13.9. The van der Waals surface area contributed by atoms with Crippen LogP contribution in [0.1, 0.15) is 10.7 Å². The maximum Gasteiger partial charge on any atom is 0.233 e. The summed E-state index contributed by atoms with van der Waals surface area (Å²) in [6.07, 6.45) is 4.19. The number of thiophene rings is 1. The van der Waals surface area contributed by atoms with Crippen LogP contribution in [0.5, 0.6) is 0 Å². The monoisotopic (exact) mass is 477 g/mol. The van der Waals surface area contributed by atoms with E-state index in [0.29, 0.717) is 31.2 Å². The van der Waals surface area contributed by atoms with Gasteiger partial charge in [-0.3, -0.25) is 9.36 Å². The molecule has 10 heteroatoms. The first kappa shape index (κ1) is 21.6. The Balaban J connectivity index is 1.25. The van der Waals surface area contributed by atoms with Crippen molar-refractivity contribution < 1.29 is 4.79 Å². The molecule has 1 amide bonds. The van der Waals surface area contributed by atoms with Gasteiger partial charge in [-0.2, -0.15) is 0 Å². The summed E-state index contributed by atoms with van der Waals surface area (Å²) in [5.74, 6) is 2.02. The highest BCUT2D eigenvalue weighted by Crippen LogP contribution is 2.25. The number of nitrogens with zero attached hydrogens (tertiary/aromatic N) is 7. The van der Waals surface area contributed by atoms with Crippen molar-refractivity contribution >= 4 is 35.0 Å². The van der Waals surface area contributed by atoms with Crippen molar-refractivity contribution in [1.29, 1.82) is 0 Å². The summed E-state index contributed by atoms with van der Waals surface area (Å²) in [6.45, 7) is 2.77. The SMILES string of the molecule is O=C(CSc1nnc(Cc2cccs2)n1-c1ccccc1)N1CCN(c2ncccn2)CC1. The van der Waals surface area contributed by atoms with E-state index in [-0.39, 0.29) is 5.91 Å². The van der Waals surface area contributed by atoms with Crippen molar-refractivity contribution in [3.8, 4) is 5.69 Å². The van der Waals surface area contributed by atoms with Gasteiger partial charge in [0.15, 0.2) is 5.16 Å². The first-order valence-electron chi connectivity index (χ1n) is 10.7. The molecular formula is C23H23N7OS2. The fourth-order valence-electron chi connectivity index (χ4n) is 3.74. The Kier molecular flexibility index (Phi) is 6.63. The zero-order valence-corrected chi connectivity index (χ0v) is 19.6. The minimum atomic E-state index is 0.107. The van der Waals surface area contributed by atoms with E-state index in [9.17, 15) is 4.79 Å². The zero-order valence-electron chi connectivity index (χ0n) is 17.9. The minimum absolute atomic E-state index is 0.107. The highest BCUT2D eigenvalue weighted by atomic mass is 32.2. The summed E-state index contributed by atoms with van der Waals surface area (Å²) in [5, 5.41) is 11.7. The van der Waals surface area contributed by atoms with E-state index >= 15 is 0 Å². The lowest BCUT2D eigenvalue weighted by atomic mass is 10.3. The Labute approximate surface area is 200 Å². The fraction of sp³-hybridized carbons (Fsp3) is 0.261. The predicted octanol–water partition coefficient (Wildman–Crippen LogP) is 3.15. The zero-order chi connectivity index (χ0) is 22.5. The Bertz CT molecular complexity index is 1170. The van der Waals surface area contributed by atoms with E-state index in [1.807, 2.05) is 41.3 Å². The number of rotatable bonds is 7. The first-order valence-corrected chi connectivity index (χ1v) is 12.6. The van der Waals surface area contributed by atoms with Crippen LogP contribution in [0.25, 0.3) is 5.69 Å². The fourth-order valence-corrected chi connectivity index (χ4v) is 5.32. The Morgan fingerprint density at radius 3 is 2.45 bits per heavy atom. The van der Waals surface area contributed by atoms with Crippen LogP contribution in [0, 0.1) is 0 Å². The van der Waals surface area contributed by atoms with Gasteiger partial charge < -0.3 is 9.80 Å². The number of carbonyl (C=O) groups excluding carboxylic acids is 1. The molecule has 8 nitrogen and oxygen atoms in total. The number of piperazine rings is 1. The Morgan fingerprint density at radius 2 is 1.73 bits per heavy atom. The molecule has 33 heavy (non-hydrogen) atoms. The maximum atomic E-state index is 12.9. The molecule has 1 aromatic carbocycles. The number of amides is 1. The molecule has 1 aliphatic heterocycles. The van der Waals surface area contributed by atoms with E-state index in [0.717, 1.165) is 29.8 Å². The smallest absolute Gasteiger partial charge is 0.233 e. The molecule has 168 valence electrons. The Hall–Kier alpha value is -3.24. The molecule has 1 saturated heterocycles. The van der Waals surface area contributed by atoms with Crippen molar-refractivity contribution in [3.05, 3.63) is 77.0 Å². The highest BCUT2D eigenvalue weighted by Gasteiger charge is 2.23. The summed E-state index contributed by atoms with van der Waals surface area (Å²) in [6, 6.07) is 16.0. The van der Waals surface area contributed by atoms with E-state index < -0.39 is 0 Å². The first-order chi connectivity index (χ1) is 16.3. The number of carbonyl (C=O) groups is 1. The van der Waals surface area contributed by atoms with Gasteiger partial charge in [0.2, 0.25) is 11.9 Å². The lowest BCUT2D eigenvalue weighted by molar-refractivity contribution is -0.128. The molecule has 0 N–H and O–H groups in total. The van der Waals surface area contributed by atoms with Crippen LogP contribution in [0.2, 0.25) is 0 Å². The van der Waals surface area contributed by atoms with E-state index in [1.54, 1.807) is 29.8 Å². The molecule has 0 saturated carbocycles. The molecular weight excluding hydrogens is 454 g/mol. The molecule has 1 fully saturated rings. The van der Waals surface area contributed by atoms with Crippen LogP contribution < -0.4 is 4.90 Å². The number of anilines is 1. The Morgan fingerprint density at radius 1 is 0.939 bits per heavy atom. The molecule has 0 bridgehead atoms. The average Bonchev–Trinajstić information content (AvgIpc) is 3.54. The van der Waals surface area contributed by atoms with Crippen molar-refractivity contribution in [2.45, 2.75) is 11.6 Å². The number of aromatic nitrogens is 5. The summed E-state index contributed by atoms with van der Waals surface area (Å²) in [7, 11) is 0. The lowest BCUT2D eigenvalue weighted by Crippen LogP contribution is -2.49. The van der Waals surface area contributed by atoms with Gasteiger partial charge in [0.05, 0.1) is 5.75 Å². The van der Waals surface area contributed by atoms with Crippen LogP contribution >= 0.6 is 23.1 Å². The van der Waals surface area contributed by atoms with Crippen LogP contribution in [0.3, 0.4) is 0 Å². The quantitative estimate of drug-likeness (QED) is 0.378. The summed E-state index contributed by atoms with van der Waals surface area (Å²) >= 11 is 3.14. The van der Waals surface area contributed by atoms with Crippen LogP contribution in [0.4, 0.5) is 5.95 Å². The van der Waals surface area contributed by atoms with E-state index in [2.05, 4.69) is 41.1 Å². The second kappa shape index (κ2) is 10.1. The molecule has 0 atom stereocenters. The topological polar surface area (TPSA) is 80.0 Å². The van der Waals surface area contributed by atoms with Gasteiger partial charge in [0.1, 0.15) is 5.82 Å². The van der Waals surface area contributed by atoms with Gasteiger partial charge >= 0.3 is 0 Å². The molecule has 3 aromatic heterocycles. The van der Waals surface area contributed by atoms with E-state index in [1.165, 1.54) is 16.6 Å². The maximum absolute atomic E-state index is 12.9. The number of para-hydroxylation sites is 1. The summed E-state index contributed by atoms with van der Waals surface area (Å²) in [4.78, 5) is 26.8. The molecule has 4 heterocycles. The van der Waals surface area contributed by atoms with Crippen LogP contribution in [0.15, 0.2) is 71.5 Å². The number of benzene rings is 1. The average molecular weight is 478 g/mol. The predicted molar refractivity (Wildman–Crippen MR) is 130 cm³/mol. The minimum Gasteiger partial charge on any atom is -0.338 e. The molecule has 0 unspecified atom stereocenters. The molecule has 5 rings (SSSR count). The van der Waals surface area contributed by atoms with E-state index in [4.69, 9.17) is 0 Å². The van der Waals surface area contributed by atoms with Crippen molar-refractivity contribution in [2.24, 2.45) is 0 Å². The number of thioether (sulfide) groups is 1. The van der Waals surface area contributed by atoms with Crippen LogP contribution in [-0.4, -0.2) is 67.5 Å². The van der Waals surface area contributed by atoms with Crippen molar-refractivity contribution in [3.63, 3.8) is 0 Å². The van der Waals surface area contributed by atoms with Crippen LogP contribution in [-0.2, 0) is 11.2 Å². The second-order valence-corrected chi connectivity index (χ2v) is 9.51. The van der Waals surface area contributed by atoms with Gasteiger partial charge in [-0.05, 0) is 29.6 Å². The van der Waals surface area contributed by atoms with Gasteiger partial charge in [-0.15, -0.1) is 21.5 Å². The summed E-state index contributed by atoms with van der Waals surface area (Å²) in [5.41, 5.74) is 1.00. The summed E-state index contributed by atoms with van der Waals surface area (Å²) < 4.78 is 2.06. The van der Waals surface area contributed by atoms with Crippen molar-refractivity contribution in [1.82, 2.24) is 29.6 Å². The molecule has 1 aliphatic rings. The third kappa shape index (κ3) is 5.07. The third-order valence-corrected chi connectivity index (χ3v) is 7.21. The van der Waals surface area contributed by atoms with Crippen molar-refractivity contribution in [2.75, 3.05) is 36.8 Å². The molecule has 4 aromatic rings. The standard InChI is InChI=1S/C23H23N7OS2/c31-21(28-11-13-29(14-12-28)22-24-9-5-10-25-22)17-33-23-27-26-20(16-19-8-4-15-32-19)30(23)18-6-2-1-3-7-18/h1-10,15H,11-14,16-17H2. The van der Waals surface area contributed by atoms with Gasteiger partial charge in [0.25, 0.3) is 0 Å². The van der Waals surface area contributed by atoms with Gasteiger partial charge in [0, 0.05) is 55.6 Å². The highest BCUT2D eigenvalue weighted by molar-refractivity contribution is 7.99. The molecule has 0 radical (unpaired) electrons. The second-order valence-electron chi connectivity index (χ2n) is 7.53. The number of hydrogen-bond donors (Lipinski definition) is 0. The third-order valence-electron chi connectivity index (χ3n) is 5.42. The molecule has 0 aliphatic carbocycles. The molecule has 0 spiro atoms. The van der Waals surface area contributed by atoms with Gasteiger partial charge in [-0.1, -0.05) is 36.0 Å². The number of hydrogen-bond acceptors (Lipinski definition) is 8.